The third kappa shape index (κ3) is 2.91. The monoisotopic (exact) mass is 360 g/mol. The quantitative estimate of drug-likeness (QED) is 0.644. The van der Waals surface area contributed by atoms with Gasteiger partial charge in [0.2, 0.25) is 0 Å². The van der Waals surface area contributed by atoms with Crippen LogP contribution in [0.3, 0.4) is 0 Å². The zero-order chi connectivity index (χ0) is 18.9. The summed E-state index contributed by atoms with van der Waals surface area (Å²) in [7, 11) is 2.98. The van der Waals surface area contributed by atoms with Crippen LogP contribution in [0.15, 0.2) is 18.2 Å². The number of hydrogen-bond donors (Lipinski definition) is 1. The molecule has 0 radical (unpaired) electrons. The number of nitrogens with one attached hydrogen (secondary N) is 1. The van der Waals surface area contributed by atoms with Crippen LogP contribution in [0.25, 0.3) is 0 Å². The first kappa shape index (κ1) is 18.2. The molecule has 3 rings (SSSR count). The third-order valence-electron chi connectivity index (χ3n) is 5.51. The maximum Gasteiger partial charge on any atom is 0.325 e. The Morgan fingerprint density at radius 2 is 2.04 bits per heavy atom. The molecule has 0 aromatic heterocycles. The van der Waals surface area contributed by atoms with Crippen molar-refractivity contribution in [1.29, 1.82) is 0 Å². The number of ether oxygens (including phenoxy) is 2. The average molecular weight is 360 g/mol. The first-order valence-corrected chi connectivity index (χ1v) is 8.82. The van der Waals surface area contributed by atoms with Crippen molar-refractivity contribution in [3.8, 4) is 11.5 Å². The molecule has 1 aromatic rings. The summed E-state index contributed by atoms with van der Waals surface area (Å²) < 4.78 is 10.4. The lowest BCUT2D eigenvalue weighted by atomic mass is 9.73. The fraction of sp³-hybridized carbons (Fsp3) is 0.526. The van der Waals surface area contributed by atoms with E-state index in [1.165, 1.54) is 14.2 Å². The molecule has 3 amide bonds. The lowest BCUT2D eigenvalue weighted by molar-refractivity contribution is -0.133. The number of imide groups is 1. The summed E-state index contributed by atoms with van der Waals surface area (Å²) in [6.07, 6.45) is 3.45. The van der Waals surface area contributed by atoms with Gasteiger partial charge in [-0.2, -0.15) is 0 Å². The minimum Gasteiger partial charge on any atom is -0.497 e. The van der Waals surface area contributed by atoms with E-state index in [1.54, 1.807) is 18.2 Å². The molecule has 1 aromatic carbocycles. The van der Waals surface area contributed by atoms with Crippen molar-refractivity contribution in [2.24, 2.45) is 5.92 Å². The van der Waals surface area contributed by atoms with E-state index >= 15 is 0 Å². The van der Waals surface area contributed by atoms with Crippen molar-refractivity contribution in [2.75, 3.05) is 20.8 Å². The summed E-state index contributed by atoms with van der Waals surface area (Å²) in [5.74, 6) is 0.317. The van der Waals surface area contributed by atoms with Crippen molar-refractivity contribution < 1.29 is 23.9 Å². The van der Waals surface area contributed by atoms with E-state index in [9.17, 15) is 14.4 Å². The van der Waals surface area contributed by atoms with Gasteiger partial charge in [0.1, 0.15) is 17.0 Å². The SMILES string of the molecule is COc1ccc(C(=O)CN2C(=O)N[C@]3(CCCC[C@H]3C)C2=O)c(OC)c1. The Morgan fingerprint density at radius 3 is 2.69 bits per heavy atom. The number of benzene rings is 1. The maximum absolute atomic E-state index is 13.0. The molecule has 0 unspecified atom stereocenters. The van der Waals surface area contributed by atoms with E-state index in [-0.39, 0.29) is 24.2 Å². The highest BCUT2D eigenvalue weighted by atomic mass is 16.5. The number of amides is 3. The van der Waals surface area contributed by atoms with Gasteiger partial charge in [-0.15, -0.1) is 0 Å². The third-order valence-corrected chi connectivity index (χ3v) is 5.51. The predicted molar refractivity (Wildman–Crippen MR) is 94.5 cm³/mol. The predicted octanol–water partition coefficient (Wildman–Crippen LogP) is 2.39. The molecule has 2 fully saturated rings. The van der Waals surface area contributed by atoms with E-state index in [2.05, 4.69) is 5.32 Å². The standard InChI is InChI=1S/C19H24N2O5/c1-12-6-4-5-9-19(12)17(23)21(18(24)20-19)11-15(22)14-8-7-13(25-2)10-16(14)26-3/h7-8,10,12H,4-6,9,11H2,1-3H3,(H,20,24)/t12-,19+/m1/s1. The molecule has 1 aliphatic heterocycles. The molecule has 7 heteroatoms. The molecule has 1 saturated heterocycles. The van der Waals surface area contributed by atoms with Crippen molar-refractivity contribution in [2.45, 2.75) is 38.1 Å². The number of carbonyl (C=O) groups is 3. The number of rotatable bonds is 5. The Morgan fingerprint density at radius 1 is 1.27 bits per heavy atom. The second-order valence-electron chi connectivity index (χ2n) is 6.93. The molecule has 7 nitrogen and oxygen atoms in total. The van der Waals surface area contributed by atoms with E-state index in [0.717, 1.165) is 24.2 Å². The molecule has 1 spiro atoms. The van der Waals surface area contributed by atoms with Gasteiger partial charge in [0.15, 0.2) is 5.78 Å². The van der Waals surface area contributed by atoms with Crippen LogP contribution in [0.4, 0.5) is 4.79 Å². The first-order valence-electron chi connectivity index (χ1n) is 8.82. The second-order valence-corrected chi connectivity index (χ2v) is 6.93. The Balaban J connectivity index is 1.82. The van der Waals surface area contributed by atoms with Crippen LogP contribution in [-0.4, -0.2) is 48.9 Å². The first-order chi connectivity index (χ1) is 12.4. The number of nitrogens with zero attached hydrogens (tertiary/aromatic N) is 1. The zero-order valence-corrected chi connectivity index (χ0v) is 15.3. The van der Waals surface area contributed by atoms with Crippen molar-refractivity contribution in [1.82, 2.24) is 10.2 Å². The number of ketones is 1. The normalized spacial score (nSPS) is 25.3. The highest BCUT2D eigenvalue weighted by Gasteiger charge is 2.55. The molecule has 140 valence electrons. The van der Waals surface area contributed by atoms with E-state index < -0.39 is 11.6 Å². The molecule has 1 N–H and O–H groups in total. The number of hydrogen-bond acceptors (Lipinski definition) is 5. The Hall–Kier alpha value is -2.57. The molecule has 2 aliphatic rings. The molecule has 0 bridgehead atoms. The van der Waals surface area contributed by atoms with Gasteiger partial charge in [-0.3, -0.25) is 14.5 Å². The van der Waals surface area contributed by atoms with Gasteiger partial charge >= 0.3 is 6.03 Å². The van der Waals surface area contributed by atoms with Gasteiger partial charge in [-0.25, -0.2) is 4.79 Å². The van der Waals surface area contributed by atoms with Gasteiger partial charge in [0, 0.05) is 6.07 Å². The fourth-order valence-corrected chi connectivity index (χ4v) is 3.90. The summed E-state index contributed by atoms with van der Waals surface area (Å²) in [5, 5.41) is 2.86. The van der Waals surface area contributed by atoms with Gasteiger partial charge < -0.3 is 14.8 Å². The Bertz CT molecular complexity index is 747. The van der Waals surface area contributed by atoms with Crippen LogP contribution in [0, 0.1) is 5.92 Å². The number of carbonyl (C=O) groups excluding carboxylic acids is 3. The summed E-state index contributed by atoms with van der Waals surface area (Å²) in [5.41, 5.74) is -0.550. The van der Waals surface area contributed by atoms with Crippen LogP contribution >= 0.6 is 0 Å². The van der Waals surface area contributed by atoms with E-state index in [1.807, 2.05) is 6.92 Å². The van der Waals surface area contributed by atoms with Crippen molar-refractivity contribution >= 4 is 17.7 Å². The molecule has 2 atom stereocenters. The van der Waals surface area contributed by atoms with Gasteiger partial charge in [0.25, 0.3) is 5.91 Å². The largest absolute Gasteiger partial charge is 0.497 e. The highest BCUT2D eigenvalue weighted by molar-refractivity contribution is 6.11. The average Bonchev–Trinajstić information content (AvgIpc) is 2.88. The minimum absolute atomic E-state index is 0.0586. The lowest BCUT2D eigenvalue weighted by Crippen LogP contribution is -2.54. The fourth-order valence-electron chi connectivity index (χ4n) is 3.90. The van der Waals surface area contributed by atoms with Crippen molar-refractivity contribution in [3.63, 3.8) is 0 Å². The van der Waals surface area contributed by atoms with Crippen LogP contribution < -0.4 is 14.8 Å². The summed E-state index contributed by atoms with van der Waals surface area (Å²) >= 11 is 0. The van der Waals surface area contributed by atoms with Gasteiger partial charge in [-0.05, 0) is 30.9 Å². The number of Topliss-reactive ketones (excluding diaryl/α,β-unsaturated/α-hetero) is 1. The lowest BCUT2D eigenvalue weighted by Gasteiger charge is -2.36. The maximum atomic E-state index is 13.0. The number of urea groups is 1. The van der Waals surface area contributed by atoms with Gasteiger partial charge in [-0.1, -0.05) is 19.8 Å². The van der Waals surface area contributed by atoms with Crippen LogP contribution in [-0.2, 0) is 4.79 Å². The molecule has 26 heavy (non-hydrogen) atoms. The summed E-state index contributed by atoms with van der Waals surface area (Å²) in [4.78, 5) is 39.1. The van der Waals surface area contributed by atoms with E-state index in [4.69, 9.17) is 9.47 Å². The Kier molecular flexibility index (Phi) is 4.89. The molecule has 1 aliphatic carbocycles. The van der Waals surface area contributed by atoms with Crippen molar-refractivity contribution in [3.05, 3.63) is 23.8 Å². The van der Waals surface area contributed by atoms with Crippen LogP contribution in [0.5, 0.6) is 11.5 Å². The van der Waals surface area contributed by atoms with E-state index in [0.29, 0.717) is 23.5 Å². The molecule has 1 saturated carbocycles. The van der Waals surface area contributed by atoms with Crippen LogP contribution in [0.1, 0.15) is 43.0 Å². The minimum atomic E-state index is -0.862. The van der Waals surface area contributed by atoms with Gasteiger partial charge in [0.05, 0.1) is 26.3 Å². The second kappa shape index (κ2) is 6.97. The zero-order valence-electron chi connectivity index (χ0n) is 15.3. The highest BCUT2D eigenvalue weighted by Crippen LogP contribution is 2.38. The Labute approximate surface area is 152 Å². The molecule has 1 heterocycles. The summed E-state index contributed by atoms with van der Waals surface area (Å²) in [6, 6.07) is 4.33. The molecular formula is C19H24N2O5. The smallest absolute Gasteiger partial charge is 0.325 e. The number of methoxy groups -OCH3 is 2. The topological polar surface area (TPSA) is 84.9 Å². The van der Waals surface area contributed by atoms with Crippen LogP contribution in [0.2, 0.25) is 0 Å². The molecular weight excluding hydrogens is 336 g/mol. The summed E-state index contributed by atoms with van der Waals surface area (Å²) in [6.45, 7) is 1.68.